The number of ether oxygens (including phenoxy) is 1. The van der Waals surface area contributed by atoms with E-state index in [2.05, 4.69) is 15.1 Å². The zero-order valence-corrected chi connectivity index (χ0v) is 9.94. The van der Waals surface area contributed by atoms with E-state index in [0.717, 1.165) is 25.1 Å². The summed E-state index contributed by atoms with van der Waals surface area (Å²) in [4.78, 5) is 8.47. The number of aromatic nitrogens is 3. The Kier molecular flexibility index (Phi) is 2.77. The topological polar surface area (TPSA) is 87.1 Å². The lowest BCUT2D eigenvalue weighted by molar-refractivity contribution is 0.103. The summed E-state index contributed by atoms with van der Waals surface area (Å²) in [5.74, 6) is 1.20. The molecule has 17 heavy (non-hydrogen) atoms. The molecule has 0 saturated carbocycles. The van der Waals surface area contributed by atoms with E-state index in [-0.39, 0.29) is 6.10 Å². The maximum absolute atomic E-state index is 5.56. The highest BCUT2D eigenvalue weighted by Crippen LogP contribution is 2.26. The average molecular weight is 252 g/mol. The molecular formula is C10H12N4O2S. The van der Waals surface area contributed by atoms with Gasteiger partial charge in [0.1, 0.15) is 6.10 Å². The first kappa shape index (κ1) is 10.7. The molecule has 1 unspecified atom stereocenters. The number of hydrogen-bond acceptors (Lipinski definition) is 7. The van der Waals surface area contributed by atoms with Gasteiger partial charge in [-0.1, -0.05) is 5.16 Å². The van der Waals surface area contributed by atoms with Crippen LogP contribution in [0.2, 0.25) is 0 Å². The molecule has 0 amide bonds. The highest BCUT2D eigenvalue weighted by molar-refractivity contribution is 7.13. The molecule has 2 aromatic heterocycles. The van der Waals surface area contributed by atoms with Gasteiger partial charge in [-0.2, -0.15) is 4.98 Å². The van der Waals surface area contributed by atoms with Crippen LogP contribution in [0, 0.1) is 0 Å². The van der Waals surface area contributed by atoms with Gasteiger partial charge in [0.05, 0.1) is 12.1 Å². The number of nitrogens with zero attached hydrogens (tertiary/aromatic N) is 3. The van der Waals surface area contributed by atoms with Crippen LogP contribution < -0.4 is 5.73 Å². The molecule has 6 nitrogen and oxygen atoms in total. The molecule has 7 heteroatoms. The largest absolute Gasteiger partial charge is 0.375 e. The molecular weight excluding hydrogens is 240 g/mol. The van der Waals surface area contributed by atoms with Crippen molar-refractivity contribution in [2.45, 2.75) is 25.4 Å². The molecule has 0 bridgehead atoms. The van der Waals surface area contributed by atoms with Crippen LogP contribution in [0.3, 0.4) is 0 Å². The highest BCUT2D eigenvalue weighted by Gasteiger charge is 2.23. The van der Waals surface area contributed by atoms with E-state index in [1.165, 1.54) is 11.3 Å². The number of rotatable bonds is 3. The smallest absolute Gasteiger partial charge is 0.232 e. The van der Waals surface area contributed by atoms with Gasteiger partial charge in [0.2, 0.25) is 11.7 Å². The minimum Gasteiger partial charge on any atom is -0.375 e. The van der Waals surface area contributed by atoms with E-state index in [1.807, 2.05) is 5.38 Å². The summed E-state index contributed by atoms with van der Waals surface area (Å²) in [6.45, 7) is 0.775. The number of hydrogen-bond donors (Lipinski definition) is 1. The molecule has 1 aliphatic heterocycles. The zero-order chi connectivity index (χ0) is 11.7. The van der Waals surface area contributed by atoms with Crippen molar-refractivity contribution in [3.8, 4) is 0 Å². The molecule has 2 N–H and O–H groups in total. The van der Waals surface area contributed by atoms with Crippen LogP contribution >= 0.6 is 11.3 Å². The van der Waals surface area contributed by atoms with E-state index >= 15 is 0 Å². The Labute approximate surface area is 102 Å². The van der Waals surface area contributed by atoms with Crippen LogP contribution in [0.25, 0.3) is 0 Å². The third kappa shape index (κ3) is 2.29. The molecule has 90 valence electrons. The van der Waals surface area contributed by atoms with Gasteiger partial charge in [-0.05, 0) is 12.8 Å². The maximum atomic E-state index is 5.56. The predicted molar refractivity (Wildman–Crippen MR) is 61.6 cm³/mol. The van der Waals surface area contributed by atoms with Crippen molar-refractivity contribution in [1.29, 1.82) is 0 Å². The second-order valence-electron chi connectivity index (χ2n) is 3.90. The monoisotopic (exact) mass is 252 g/mol. The fraction of sp³-hybridized carbons (Fsp3) is 0.500. The number of thiazole rings is 1. The van der Waals surface area contributed by atoms with Crippen molar-refractivity contribution in [2.24, 2.45) is 0 Å². The summed E-state index contributed by atoms with van der Waals surface area (Å²) in [5, 5.41) is 6.38. The van der Waals surface area contributed by atoms with Crippen molar-refractivity contribution in [1.82, 2.24) is 15.1 Å². The standard InChI is InChI=1S/C10H12N4O2S/c11-10-12-6(5-17-10)4-8-13-9(14-16-8)7-2-1-3-15-7/h5,7H,1-4H2,(H2,11,12). The summed E-state index contributed by atoms with van der Waals surface area (Å²) in [6.07, 6.45) is 2.53. The van der Waals surface area contributed by atoms with Crippen LogP contribution in [-0.2, 0) is 11.2 Å². The van der Waals surface area contributed by atoms with Crippen LogP contribution in [0.15, 0.2) is 9.90 Å². The first-order valence-corrected chi connectivity index (χ1v) is 6.33. The minimum absolute atomic E-state index is 0.00648. The molecule has 1 saturated heterocycles. The van der Waals surface area contributed by atoms with E-state index in [1.54, 1.807) is 0 Å². The summed E-state index contributed by atoms with van der Waals surface area (Å²) < 4.78 is 10.7. The molecule has 3 rings (SSSR count). The third-order valence-corrected chi connectivity index (χ3v) is 3.33. The van der Waals surface area contributed by atoms with Gasteiger partial charge in [-0.25, -0.2) is 4.98 Å². The summed E-state index contributed by atoms with van der Waals surface area (Å²) in [6, 6.07) is 0. The van der Waals surface area contributed by atoms with Gasteiger partial charge in [0.25, 0.3) is 0 Å². The lowest BCUT2D eigenvalue weighted by Crippen LogP contribution is -1.98. The second kappa shape index (κ2) is 4.42. The molecule has 1 fully saturated rings. The number of anilines is 1. The average Bonchev–Trinajstić information content (AvgIpc) is 3.00. The Hall–Kier alpha value is -1.47. The lowest BCUT2D eigenvalue weighted by Gasteiger charge is -2.00. The van der Waals surface area contributed by atoms with Gasteiger partial charge in [0, 0.05) is 12.0 Å². The van der Waals surface area contributed by atoms with E-state index in [9.17, 15) is 0 Å². The molecule has 1 atom stereocenters. The minimum atomic E-state index is -0.00648. The molecule has 0 radical (unpaired) electrons. The van der Waals surface area contributed by atoms with Crippen LogP contribution in [0.4, 0.5) is 5.13 Å². The third-order valence-electron chi connectivity index (χ3n) is 2.60. The Morgan fingerprint density at radius 2 is 2.41 bits per heavy atom. The molecule has 0 aromatic carbocycles. The SMILES string of the molecule is Nc1nc(Cc2nc(C3CCCO3)no2)cs1. The first-order chi connectivity index (χ1) is 8.31. The molecule has 3 heterocycles. The van der Waals surface area contributed by atoms with E-state index in [4.69, 9.17) is 15.0 Å². The van der Waals surface area contributed by atoms with Crippen LogP contribution in [0.5, 0.6) is 0 Å². The van der Waals surface area contributed by atoms with Gasteiger partial charge in [-0.3, -0.25) is 0 Å². The maximum Gasteiger partial charge on any atom is 0.232 e. The highest BCUT2D eigenvalue weighted by atomic mass is 32.1. The quantitative estimate of drug-likeness (QED) is 0.891. The fourth-order valence-electron chi connectivity index (χ4n) is 1.81. The van der Waals surface area contributed by atoms with Crippen LogP contribution in [0.1, 0.15) is 36.4 Å². The summed E-state index contributed by atoms with van der Waals surface area (Å²) >= 11 is 1.41. The van der Waals surface area contributed by atoms with Crippen LogP contribution in [-0.4, -0.2) is 21.7 Å². The van der Waals surface area contributed by atoms with Crippen molar-refractivity contribution in [3.63, 3.8) is 0 Å². The van der Waals surface area contributed by atoms with Crippen molar-refractivity contribution >= 4 is 16.5 Å². The second-order valence-corrected chi connectivity index (χ2v) is 4.79. The van der Waals surface area contributed by atoms with Gasteiger partial charge >= 0.3 is 0 Å². The van der Waals surface area contributed by atoms with Crippen molar-refractivity contribution in [2.75, 3.05) is 12.3 Å². The number of nitrogens with two attached hydrogens (primary N) is 1. The lowest BCUT2D eigenvalue weighted by atomic mass is 10.2. The molecule has 2 aromatic rings. The summed E-state index contributed by atoms with van der Waals surface area (Å²) in [5.41, 5.74) is 6.41. The Bertz CT molecular complexity index is 504. The zero-order valence-electron chi connectivity index (χ0n) is 9.13. The Morgan fingerprint density at radius 3 is 3.12 bits per heavy atom. The predicted octanol–water partition coefficient (Wildman–Crippen LogP) is 1.55. The first-order valence-electron chi connectivity index (χ1n) is 5.45. The number of nitrogen functional groups attached to an aromatic ring is 1. The van der Waals surface area contributed by atoms with Crippen molar-refractivity contribution < 1.29 is 9.26 Å². The fourth-order valence-corrected chi connectivity index (χ4v) is 2.37. The molecule has 1 aliphatic rings. The van der Waals surface area contributed by atoms with E-state index in [0.29, 0.717) is 23.3 Å². The Morgan fingerprint density at radius 1 is 1.47 bits per heavy atom. The van der Waals surface area contributed by atoms with Crippen molar-refractivity contribution in [3.05, 3.63) is 22.8 Å². The van der Waals surface area contributed by atoms with Gasteiger partial charge in [-0.15, -0.1) is 11.3 Å². The molecule has 0 aliphatic carbocycles. The Balaban J connectivity index is 1.71. The van der Waals surface area contributed by atoms with Gasteiger partial charge in [0.15, 0.2) is 5.13 Å². The normalized spacial score (nSPS) is 19.9. The van der Waals surface area contributed by atoms with E-state index < -0.39 is 0 Å². The van der Waals surface area contributed by atoms with Gasteiger partial charge < -0.3 is 15.0 Å². The summed E-state index contributed by atoms with van der Waals surface area (Å²) in [7, 11) is 0. The molecule has 0 spiro atoms.